The Kier molecular flexibility index (Phi) is 25.2. The second-order valence-electron chi connectivity index (χ2n) is 7.80. The van der Waals surface area contributed by atoms with Gasteiger partial charge in [0.15, 0.2) is 5.78 Å². The number of hydrogen-bond donors (Lipinski definition) is 3. The van der Waals surface area contributed by atoms with Crippen molar-refractivity contribution < 1.29 is 38.6 Å². The number of ether oxygens (including phenoxy) is 2. The number of thioether (sulfide) groups is 1. The molecule has 0 heterocycles. The van der Waals surface area contributed by atoms with Crippen molar-refractivity contribution in [2.45, 2.75) is 107 Å². The van der Waals surface area contributed by atoms with Gasteiger partial charge < -0.3 is 25.2 Å². The van der Waals surface area contributed by atoms with E-state index in [0.29, 0.717) is 0 Å². The van der Waals surface area contributed by atoms with Crippen molar-refractivity contribution in [3.63, 3.8) is 0 Å². The van der Waals surface area contributed by atoms with Crippen molar-refractivity contribution in [1.82, 2.24) is 10.6 Å². The summed E-state index contributed by atoms with van der Waals surface area (Å²) in [5, 5.41) is 15.1. The maximum atomic E-state index is 12.8. The maximum Gasteiger partial charge on any atom is 0.305 e. The molecule has 0 rings (SSSR count). The number of esters is 2. The van der Waals surface area contributed by atoms with E-state index in [1.807, 2.05) is 0 Å². The molecule has 0 aliphatic heterocycles. The van der Waals surface area contributed by atoms with E-state index in [-0.39, 0.29) is 71.3 Å². The fourth-order valence-corrected chi connectivity index (χ4v) is 3.55. The lowest BCUT2D eigenvalue weighted by atomic mass is 9.98. The van der Waals surface area contributed by atoms with Crippen LogP contribution in [0, 0.1) is 5.92 Å². The van der Waals surface area contributed by atoms with Crippen molar-refractivity contribution in [3.05, 3.63) is 0 Å². The summed E-state index contributed by atoms with van der Waals surface area (Å²) in [6, 6.07) is -2.08. The number of carbonyl (C=O) groups excluding carboxylic acids is 5. The SMILES string of the molecule is C.C.C.CCC(=O)NC(CSCC(COC(=O)CC)OC(=O)CC)C(=O)NC(C(=O)C(C)C)C(C)O. The van der Waals surface area contributed by atoms with E-state index < -0.39 is 48.1 Å². The zero-order valence-electron chi connectivity index (χ0n) is 20.3. The van der Waals surface area contributed by atoms with Crippen molar-refractivity contribution in [2.75, 3.05) is 18.1 Å². The first-order valence-electron chi connectivity index (χ1n) is 11.2. The van der Waals surface area contributed by atoms with Gasteiger partial charge in [-0.3, -0.25) is 24.0 Å². The molecule has 0 bridgehead atoms. The van der Waals surface area contributed by atoms with Crippen LogP contribution in [0.3, 0.4) is 0 Å². The highest BCUT2D eigenvalue weighted by molar-refractivity contribution is 7.99. The van der Waals surface area contributed by atoms with E-state index in [9.17, 15) is 29.1 Å². The number of nitrogens with one attached hydrogen (secondary N) is 2. The molecular weight excluding hydrogens is 488 g/mol. The third-order valence-corrected chi connectivity index (χ3v) is 5.70. The Balaban J connectivity index is -0.00000171. The summed E-state index contributed by atoms with van der Waals surface area (Å²) >= 11 is 1.22. The summed E-state index contributed by atoms with van der Waals surface area (Å²) in [5.74, 6) is -2.23. The Hall–Kier alpha value is -2.14. The Morgan fingerprint density at radius 2 is 1.39 bits per heavy atom. The lowest BCUT2D eigenvalue weighted by Gasteiger charge is -2.26. The van der Waals surface area contributed by atoms with Crippen LogP contribution in [0.25, 0.3) is 0 Å². The maximum absolute atomic E-state index is 12.8. The number of aliphatic hydroxyl groups excluding tert-OH is 1. The molecule has 0 radical (unpaired) electrons. The average molecular weight is 539 g/mol. The van der Waals surface area contributed by atoms with Gasteiger partial charge in [-0.1, -0.05) is 56.9 Å². The van der Waals surface area contributed by atoms with E-state index in [1.54, 1.807) is 34.6 Å². The van der Waals surface area contributed by atoms with Gasteiger partial charge in [-0.2, -0.15) is 11.8 Å². The van der Waals surface area contributed by atoms with Crippen LogP contribution in [0.2, 0.25) is 0 Å². The molecule has 2 amide bonds. The van der Waals surface area contributed by atoms with E-state index in [1.165, 1.54) is 18.7 Å². The van der Waals surface area contributed by atoms with Crippen LogP contribution in [-0.2, 0) is 33.4 Å². The van der Waals surface area contributed by atoms with Gasteiger partial charge in [0.2, 0.25) is 11.8 Å². The first-order valence-corrected chi connectivity index (χ1v) is 12.4. The fourth-order valence-electron chi connectivity index (χ4n) is 2.51. The molecule has 0 saturated heterocycles. The summed E-state index contributed by atoms with van der Waals surface area (Å²) in [6.45, 7) is 9.55. The van der Waals surface area contributed by atoms with Crippen LogP contribution in [-0.4, -0.2) is 77.0 Å². The van der Waals surface area contributed by atoms with Gasteiger partial charge in [0.25, 0.3) is 0 Å². The lowest BCUT2D eigenvalue weighted by Crippen LogP contribution is -2.56. The predicted molar refractivity (Wildman–Crippen MR) is 145 cm³/mol. The Morgan fingerprint density at radius 1 is 0.833 bits per heavy atom. The third-order valence-electron chi connectivity index (χ3n) is 4.52. The molecule has 10 nitrogen and oxygen atoms in total. The standard InChI is InChI=1S/C22H38N2O8S.3CH4/c1-7-17(26)23-16(22(30)24-20(14(6)25)21(29)13(4)5)12-33-11-15(32-19(28)9-3)10-31-18(27)8-2;;;/h13-16,20,25H,7-12H2,1-6H3,(H,23,26)(H,24,30);3*1H4. The minimum atomic E-state index is -1.11. The quantitative estimate of drug-likeness (QED) is 0.252. The first kappa shape index (κ1) is 41.0. The van der Waals surface area contributed by atoms with Crippen LogP contribution in [0.1, 0.15) is 83.1 Å². The number of hydrogen-bond acceptors (Lipinski definition) is 9. The van der Waals surface area contributed by atoms with Crippen LogP contribution in [0.5, 0.6) is 0 Å². The molecule has 11 heteroatoms. The minimum Gasteiger partial charge on any atom is -0.462 e. The van der Waals surface area contributed by atoms with Crippen LogP contribution >= 0.6 is 11.8 Å². The molecule has 0 aliphatic rings. The molecule has 0 aromatic heterocycles. The smallest absolute Gasteiger partial charge is 0.305 e. The molecule has 36 heavy (non-hydrogen) atoms. The summed E-state index contributed by atoms with van der Waals surface area (Å²) in [6.07, 6.45) is -1.32. The number of aliphatic hydroxyl groups is 1. The van der Waals surface area contributed by atoms with E-state index in [4.69, 9.17) is 9.47 Å². The summed E-state index contributed by atoms with van der Waals surface area (Å²) in [7, 11) is 0. The highest BCUT2D eigenvalue weighted by Gasteiger charge is 2.31. The number of carbonyl (C=O) groups is 5. The summed E-state index contributed by atoms with van der Waals surface area (Å²) < 4.78 is 10.4. The van der Waals surface area contributed by atoms with E-state index in [0.717, 1.165) is 0 Å². The van der Waals surface area contributed by atoms with Gasteiger partial charge in [0.05, 0.1) is 6.10 Å². The summed E-state index contributed by atoms with van der Waals surface area (Å²) in [4.78, 5) is 60.2. The largest absolute Gasteiger partial charge is 0.462 e. The lowest BCUT2D eigenvalue weighted by molar-refractivity contribution is -0.157. The van der Waals surface area contributed by atoms with Gasteiger partial charge in [0, 0.05) is 36.7 Å². The van der Waals surface area contributed by atoms with E-state index in [2.05, 4.69) is 10.6 Å². The molecule has 0 aromatic rings. The molecule has 4 unspecified atom stereocenters. The van der Waals surface area contributed by atoms with Crippen LogP contribution in [0.15, 0.2) is 0 Å². The molecule has 0 fully saturated rings. The van der Waals surface area contributed by atoms with E-state index >= 15 is 0 Å². The number of rotatable bonds is 16. The Morgan fingerprint density at radius 3 is 1.83 bits per heavy atom. The van der Waals surface area contributed by atoms with Crippen LogP contribution < -0.4 is 10.6 Å². The summed E-state index contributed by atoms with van der Waals surface area (Å²) in [5.41, 5.74) is 0. The first-order chi connectivity index (χ1) is 15.5. The molecule has 0 spiro atoms. The monoisotopic (exact) mass is 538 g/mol. The molecule has 214 valence electrons. The highest BCUT2D eigenvalue weighted by Crippen LogP contribution is 2.12. The molecular formula is C25H50N2O8S. The second-order valence-corrected chi connectivity index (χ2v) is 8.87. The third kappa shape index (κ3) is 16.5. The van der Waals surface area contributed by atoms with Crippen molar-refractivity contribution in [2.24, 2.45) is 5.92 Å². The van der Waals surface area contributed by atoms with Crippen LogP contribution in [0.4, 0.5) is 0 Å². The zero-order chi connectivity index (χ0) is 25.6. The van der Waals surface area contributed by atoms with Gasteiger partial charge in [-0.05, 0) is 6.92 Å². The molecule has 4 atom stereocenters. The van der Waals surface area contributed by atoms with Crippen molar-refractivity contribution in [1.29, 1.82) is 0 Å². The van der Waals surface area contributed by atoms with Gasteiger partial charge >= 0.3 is 11.9 Å². The molecule has 3 N–H and O–H groups in total. The second kappa shape index (κ2) is 22.1. The minimum absolute atomic E-state index is 0. The molecule has 0 aliphatic carbocycles. The average Bonchev–Trinajstić information content (AvgIpc) is 2.78. The Labute approximate surface area is 222 Å². The van der Waals surface area contributed by atoms with Gasteiger partial charge in [0.1, 0.15) is 24.8 Å². The Bertz CT molecular complexity index is 670. The van der Waals surface area contributed by atoms with Gasteiger partial charge in [-0.25, -0.2) is 0 Å². The predicted octanol–water partition coefficient (Wildman–Crippen LogP) is 2.89. The number of amides is 2. The molecule has 0 saturated carbocycles. The highest BCUT2D eigenvalue weighted by atomic mass is 32.2. The normalized spacial score (nSPS) is 13.3. The number of Topliss-reactive ketones (excluding diaryl/α,β-unsaturated/α-hetero) is 1. The molecule has 0 aromatic carbocycles. The fraction of sp³-hybridized carbons (Fsp3) is 0.800. The zero-order valence-corrected chi connectivity index (χ0v) is 21.2. The van der Waals surface area contributed by atoms with Crippen molar-refractivity contribution >= 4 is 41.3 Å². The van der Waals surface area contributed by atoms with Crippen molar-refractivity contribution in [3.8, 4) is 0 Å². The number of ketones is 1. The topological polar surface area (TPSA) is 148 Å². The van der Waals surface area contributed by atoms with Gasteiger partial charge in [-0.15, -0.1) is 0 Å².